The fourth-order valence-electron chi connectivity index (χ4n) is 2.47. The van der Waals surface area contributed by atoms with Crippen LogP contribution < -0.4 is 16.4 Å². The molecule has 0 fully saturated rings. The van der Waals surface area contributed by atoms with Crippen molar-refractivity contribution in [2.24, 2.45) is 5.73 Å². The van der Waals surface area contributed by atoms with Gasteiger partial charge in [-0.15, -0.1) is 11.8 Å². The third-order valence-electron chi connectivity index (χ3n) is 3.53. The topological polar surface area (TPSA) is 99.7 Å². The number of rotatable bonds is 6. The molecule has 8 heteroatoms. The predicted molar refractivity (Wildman–Crippen MR) is 132 cm³/mol. The van der Waals surface area contributed by atoms with Crippen LogP contribution >= 0.6 is 24.0 Å². The normalized spacial score (nSPS) is 10.4. The summed E-state index contributed by atoms with van der Waals surface area (Å²) in [7, 11) is 0. The average Bonchev–Trinajstić information content (AvgIpc) is 2.59. The number of hydrogen-bond acceptors (Lipinski definition) is 7. The van der Waals surface area contributed by atoms with Crippen molar-refractivity contribution in [3.8, 4) is 0 Å². The Labute approximate surface area is 184 Å². The Kier molecular flexibility index (Phi) is 10.0. The molecule has 0 aliphatic heterocycles. The summed E-state index contributed by atoms with van der Waals surface area (Å²) < 4.78 is 0. The second-order valence-corrected chi connectivity index (χ2v) is 8.52. The van der Waals surface area contributed by atoms with Gasteiger partial charge in [-0.1, -0.05) is 12.2 Å². The van der Waals surface area contributed by atoms with Crippen molar-refractivity contribution in [1.82, 2.24) is 9.97 Å². The molecule has 0 atom stereocenters. The van der Waals surface area contributed by atoms with Crippen molar-refractivity contribution in [2.45, 2.75) is 53.6 Å². The van der Waals surface area contributed by atoms with Gasteiger partial charge in [0.05, 0.1) is 5.04 Å². The molecule has 2 heterocycles. The number of nitrogens with zero attached hydrogens (tertiary/aromatic N) is 2. The van der Waals surface area contributed by atoms with E-state index in [0.717, 1.165) is 34.2 Å². The third kappa shape index (κ3) is 9.23. The quantitative estimate of drug-likeness (QED) is 0.297. The van der Waals surface area contributed by atoms with Crippen molar-refractivity contribution in [2.75, 3.05) is 16.9 Å². The molecule has 6 nitrogen and oxygen atoms in total. The minimum absolute atomic E-state index is 0.350. The molecule has 2 aromatic heterocycles. The number of aromatic nitrogens is 2. The van der Waals surface area contributed by atoms with Gasteiger partial charge in [0.15, 0.2) is 0 Å². The van der Waals surface area contributed by atoms with E-state index in [4.69, 9.17) is 23.4 Å². The maximum Gasteiger partial charge on any atom is 0.127 e. The van der Waals surface area contributed by atoms with Crippen LogP contribution in [-0.4, -0.2) is 38.3 Å². The molecule has 0 bridgehead atoms. The van der Waals surface area contributed by atoms with E-state index in [0.29, 0.717) is 22.1 Å². The first-order valence-corrected chi connectivity index (χ1v) is 11.1. The van der Waals surface area contributed by atoms with Crippen LogP contribution in [-0.2, 0) is 0 Å². The highest BCUT2D eigenvalue weighted by atomic mass is 32.2. The lowest BCUT2D eigenvalue weighted by atomic mass is 10.2. The molecule has 0 aliphatic rings. The van der Waals surface area contributed by atoms with Crippen molar-refractivity contribution in [3.05, 3.63) is 46.8 Å². The van der Waals surface area contributed by atoms with Crippen molar-refractivity contribution in [3.63, 3.8) is 0 Å². The molecular formula is C21H32N6S2. The Morgan fingerprint density at radius 1 is 0.931 bits per heavy atom. The molecule has 0 saturated carbocycles. The molecule has 158 valence electrons. The first-order valence-electron chi connectivity index (χ1n) is 9.45. The summed E-state index contributed by atoms with van der Waals surface area (Å²) in [5.74, 6) is 1.67. The van der Waals surface area contributed by atoms with E-state index in [9.17, 15) is 0 Å². The maximum absolute atomic E-state index is 7.76. The second-order valence-electron chi connectivity index (χ2n) is 7.26. The van der Waals surface area contributed by atoms with Crippen LogP contribution in [0.15, 0.2) is 24.3 Å². The van der Waals surface area contributed by atoms with Crippen LogP contribution in [0.2, 0.25) is 0 Å². The smallest absolute Gasteiger partial charge is 0.127 e. The Hall–Kier alpha value is -2.19. The molecule has 0 aromatic carbocycles. The minimum atomic E-state index is 0.350. The highest BCUT2D eigenvalue weighted by molar-refractivity contribution is 8.13. The summed E-state index contributed by atoms with van der Waals surface area (Å²) in [5.41, 5.74) is 9.20. The Balaban J connectivity index is 0.000000291. The zero-order valence-corrected chi connectivity index (χ0v) is 19.9. The number of hydrogen-bond donors (Lipinski definition) is 4. The SMILES string of the molecule is CSC(=N)c1cc(C)nc(NC(C)C)c1.Cc1cc(C(N)=S)cc(NC(C)C)n1. The van der Waals surface area contributed by atoms with Gasteiger partial charge in [0, 0.05) is 34.6 Å². The Morgan fingerprint density at radius 3 is 1.72 bits per heavy atom. The molecule has 0 saturated heterocycles. The zero-order valence-electron chi connectivity index (χ0n) is 18.3. The van der Waals surface area contributed by atoms with Gasteiger partial charge in [0.25, 0.3) is 0 Å². The first kappa shape index (κ1) is 24.8. The number of nitrogens with two attached hydrogens (primary N) is 1. The van der Waals surface area contributed by atoms with Crippen LogP contribution in [0.25, 0.3) is 0 Å². The number of thiocarbonyl (C=S) groups is 1. The Bertz CT molecular complexity index is 849. The van der Waals surface area contributed by atoms with Gasteiger partial charge in [-0.25, -0.2) is 9.97 Å². The van der Waals surface area contributed by atoms with Gasteiger partial charge < -0.3 is 16.4 Å². The molecule has 0 amide bonds. The number of pyridine rings is 2. The molecule has 5 N–H and O–H groups in total. The van der Waals surface area contributed by atoms with Gasteiger partial charge in [0.1, 0.15) is 16.6 Å². The number of anilines is 2. The Morgan fingerprint density at radius 2 is 1.34 bits per heavy atom. The minimum Gasteiger partial charge on any atom is -0.389 e. The summed E-state index contributed by atoms with van der Waals surface area (Å²) in [5, 5.41) is 14.8. The van der Waals surface area contributed by atoms with Gasteiger partial charge in [-0.05, 0) is 72.1 Å². The van der Waals surface area contributed by atoms with Crippen LogP contribution in [0.3, 0.4) is 0 Å². The summed E-state index contributed by atoms with van der Waals surface area (Å²) in [4.78, 5) is 9.11. The number of aryl methyl sites for hydroxylation is 2. The van der Waals surface area contributed by atoms with Crippen LogP contribution in [0.1, 0.15) is 50.2 Å². The molecule has 0 radical (unpaired) electrons. The van der Waals surface area contributed by atoms with Crippen LogP contribution in [0.5, 0.6) is 0 Å². The largest absolute Gasteiger partial charge is 0.389 e. The molecule has 0 unspecified atom stereocenters. The van der Waals surface area contributed by atoms with E-state index in [1.165, 1.54) is 11.8 Å². The van der Waals surface area contributed by atoms with E-state index >= 15 is 0 Å². The molecule has 0 spiro atoms. The highest BCUT2D eigenvalue weighted by Gasteiger charge is 2.05. The second kappa shape index (κ2) is 11.7. The lowest BCUT2D eigenvalue weighted by molar-refractivity contribution is 0.886. The highest BCUT2D eigenvalue weighted by Crippen LogP contribution is 2.15. The summed E-state index contributed by atoms with van der Waals surface area (Å²) in [6, 6.07) is 8.32. The molecule has 29 heavy (non-hydrogen) atoms. The maximum atomic E-state index is 7.76. The summed E-state index contributed by atoms with van der Waals surface area (Å²) in [6.45, 7) is 12.1. The zero-order chi connectivity index (χ0) is 22.1. The van der Waals surface area contributed by atoms with Gasteiger partial charge in [-0.3, -0.25) is 5.41 Å². The number of thioether (sulfide) groups is 1. The van der Waals surface area contributed by atoms with Crippen LogP contribution in [0.4, 0.5) is 11.6 Å². The number of nitrogens with one attached hydrogen (secondary N) is 3. The summed E-state index contributed by atoms with van der Waals surface area (Å²) in [6.07, 6.45) is 1.91. The summed E-state index contributed by atoms with van der Waals surface area (Å²) >= 11 is 6.36. The van der Waals surface area contributed by atoms with Gasteiger partial charge >= 0.3 is 0 Å². The monoisotopic (exact) mass is 432 g/mol. The molecular weight excluding hydrogens is 400 g/mol. The van der Waals surface area contributed by atoms with E-state index in [1.807, 2.05) is 44.4 Å². The standard InChI is InChI=1S/C11H17N3S.C10H15N3S/c1-7(2)13-10-6-9(11(12)15-4)5-8(3)14-10;1-6(2)12-9-5-8(10(11)14)4-7(3)13-9/h5-7,12H,1-4H3,(H,13,14);4-6H,1-3H3,(H2,11,14)(H,12,13). The fraction of sp³-hybridized carbons (Fsp3) is 0.429. The van der Waals surface area contributed by atoms with E-state index < -0.39 is 0 Å². The third-order valence-corrected chi connectivity index (χ3v) is 4.41. The first-order chi connectivity index (χ1) is 13.5. The van der Waals surface area contributed by atoms with Crippen LogP contribution in [0, 0.1) is 19.3 Å². The van der Waals surface area contributed by atoms with E-state index in [2.05, 4.69) is 48.3 Å². The molecule has 2 rings (SSSR count). The lowest BCUT2D eigenvalue weighted by Gasteiger charge is -2.11. The van der Waals surface area contributed by atoms with Gasteiger partial charge in [0.2, 0.25) is 0 Å². The lowest BCUT2D eigenvalue weighted by Crippen LogP contribution is -2.14. The molecule has 2 aromatic rings. The van der Waals surface area contributed by atoms with E-state index in [-0.39, 0.29) is 0 Å². The van der Waals surface area contributed by atoms with Crippen molar-refractivity contribution >= 4 is 45.6 Å². The van der Waals surface area contributed by atoms with Gasteiger partial charge in [-0.2, -0.15) is 0 Å². The van der Waals surface area contributed by atoms with Crippen molar-refractivity contribution < 1.29 is 0 Å². The fourth-order valence-corrected chi connectivity index (χ4v) is 2.94. The molecule has 0 aliphatic carbocycles. The predicted octanol–water partition coefficient (Wildman–Crippen LogP) is 4.74. The van der Waals surface area contributed by atoms with E-state index in [1.54, 1.807) is 0 Å². The average molecular weight is 433 g/mol. The van der Waals surface area contributed by atoms with Crippen molar-refractivity contribution in [1.29, 1.82) is 5.41 Å².